The molecule has 1 fully saturated rings. The van der Waals surface area contributed by atoms with Crippen molar-refractivity contribution in [3.63, 3.8) is 0 Å². The Morgan fingerprint density at radius 1 is 1.42 bits per heavy atom. The molecule has 1 N–H and O–H groups in total. The van der Waals surface area contributed by atoms with E-state index in [1.165, 1.54) is 12.5 Å². The minimum Gasteiger partial charge on any atom is -0.369 e. The van der Waals surface area contributed by atoms with Crippen molar-refractivity contribution in [3.05, 3.63) is 23.9 Å². The molecular weight excluding hydrogens is 255 g/mol. The topological polar surface area (TPSA) is 28.2 Å². The number of halogens is 3. The van der Waals surface area contributed by atoms with Crippen LogP contribution < -0.4 is 5.32 Å². The molecule has 2 heterocycles. The fourth-order valence-corrected chi connectivity index (χ4v) is 2.43. The molecule has 3 nitrogen and oxygen atoms in total. The Morgan fingerprint density at radius 2 is 2.21 bits per heavy atom. The van der Waals surface area contributed by atoms with Crippen molar-refractivity contribution < 1.29 is 13.2 Å². The Labute approximate surface area is 110 Å². The van der Waals surface area contributed by atoms with Crippen molar-refractivity contribution in [1.82, 2.24) is 9.88 Å². The summed E-state index contributed by atoms with van der Waals surface area (Å²) in [4.78, 5) is 6.18. The van der Waals surface area contributed by atoms with Crippen LogP contribution in [0.1, 0.15) is 25.3 Å². The third-order valence-corrected chi connectivity index (χ3v) is 3.51. The Kier molecular flexibility index (Phi) is 4.29. The van der Waals surface area contributed by atoms with E-state index in [9.17, 15) is 13.2 Å². The van der Waals surface area contributed by atoms with E-state index in [1.807, 2.05) is 0 Å². The number of nitrogens with one attached hydrogen (secondary N) is 1. The molecule has 106 valence electrons. The highest BCUT2D eigenvalue weighted by Gasteiger charge is 2.30. The van der Waals surface area contributed by atoms with E-state index in [-0.39, 0.29) is 0 Å². The molecule has 1 aliphatic heterocycles. The smallest absolute Gasteiger partial charge is 0.369 e. The summed E-state index contributed by atoms with van der Waals surface area (Å²) in [5.41, 5.74) is -0.714. The van der Waals surface area contributed by atoms with Gasteiger partial charge in [0.25, 0.3) is 0 Å². The fourth-order valence-electron chi connectivity index (χ4n) is 2.43. The van der Waals surface area contributed by atoms with Gasteiger partial charge in [-0.15, -0.1) is 0 Å². The highest BCUT2D eigenvalue weighted by atomic mass is 19.4. The summed E-state index contributed by atoms with van der Waals surface area (Å²) < 4.78 is 37.1. The summed E-state index contributed by atoms with van der Waals surface area (Å²) in [6, 6.07) is 2.89. The molecule has 1 aliphatic rings. The number of pyridine rings is 1. The SMILES string of the molecule is CCN1CCC[C@@H]1CNc1ccc(C(F)(F)F)cn1. The standard InChI is InChI=1S/C13H18F3N3/c1-2-19-7-3-4-11(19)9-18-12-6-5-10(8-17-12)13(14,15)16/h5-6,8,11H,2-4,7,9H2,1H3,(H,17,18)/t11-/m1/s1. The first kappa shape index (κ1) is 14.1. The van der Waals surface area contributed by atoms with Crippen LogP contribution >= 0.6 is 0 Å². The lowest BCUT2D eigenvalue weighted by Gasteiger charge is -2.23. The first-order chi connectivity index (χ1) is 9.00. The van der Waals surface area contributed by atoms with Gasteiger partial charge in [-0.1, -0.05) is 6.92 Å². The van der Waals surface area contributed by atoms with E-state index in [4.69, 9.17) is 0 Å². The second-order valence-electron chi connectivity index (χ2n) is 4.74. The van der Waals surface area contributed by atoms with Crippen molar-refractivity contribution in [2.24, 2.45) is 0 Å². The van der Waals surface area contributed by atoms with Gasteiger partial charge in [0.15, 0.2) is 0 Å². The number of hydrogen-bond donors (Lipinski definition) is 1. The van der Waals surface area contributed by atoms with Crippen molar-refractivity contribution in [1.29, 1.82) is 0 Å². The molecule has 1 aromatic heterocycles. The number of likely N-dealkylation sites (N-methyl/N-ethyl adjacent to an activating group) is 1. The van der Waals surface area contributed by atoms with Gasteiger partial charge in [0.05, 0.1) is 5.56 Å². The number of likely N-dealkylation sites (tertiary alicyclic amines) is 1. The van der Waals surface area contributed by atoms with E-state index >= 15 is 0 Å². The monoisotopic (exact) mass is 273 g/mol. The highest BCUT2D eigenvalue weighted by molar-refractivity contribution is 5.36. The average molecular weight is 273 g/mol. The van der Waals surface area contributed by atoms with E-state index in [0.29, 0.717) is 11.9 Å². The molecule has 0 aliphatic carbocycles. The first-order valence-corrected chi connectivity index (χ1v) is 6.52. The van der Waals surface area contributed by atoms with Crippen LogP contribution in [-0.2, 0) is 6.18 Å². The normalized spacial score (nSPS) is 20.7. The lowest BCUT2D eigenvalue weighted by atomic mass is 10.2. The van der Waals surface area contributed by atoms with Crippen LogP contribution in [0.25, 0.3) is 0 Å². The molecule has 2 rings (SSSR count). The molecule has 0 radical (unpaired) electrons. The molecule has 6 heteroatoms. The summed E-state index contributed by atoms with van der Waals surface area (Å²) in [6.07, 6.45) is -1.15. The summed E-state index contributed by atoms with van der Waals surface area (Å²) in [5, 5.41) is 3.11. The molecular formula is C13H18F3N3. The van der Waals surface area contributed by atoms with E-state index in [0.717, 1.165) is 38.3 Å². The summed E-state index contributed by atoms with van der Waals surface area (Å²) in [5.74, 6) is 0.496. The van der Waals surface area contributed by atoms with Gasteiger partial charge in [-0.05, 0) is 38.1 Å². The van der Waals surface area contributed by atoms with Crippen LogP contribution in [0.15, 0.2) is 18.3 Å². The zero-order valence-corrected chi connectivity index (χ0v) is 10.9. The number of hydrogen-bond acceptors (Lipinski definition) is 3. The van der Waals surface area contributed by atoms with Crippen molar-refractivity contribution in [2.45, 2.75) is 32.0 Å². The molecule has 0 bridgehead atoms. The number of alkyl halides is 3. The van der Waals surface area contributed by atoms with Crippen LogP contribution in [-0.4, -0.2) is 35.6 Å². The van der Waals surface area contributed by atoms with Crippen LogP contribution in [0, 0.1) is 0 Å². The van der Waals surface area contributed by atoms with Crippen LogP contribution in [0.5, 0.6) is 0 Å². The van der Waals surface area contributed by atoms with Crippen molar-refractivity contribution >= 4 is 5.82 Å². The molecule has 1 atom stereocenters. The van der Waals surface area contributed by atoms with Gasteiger partial charge in [-0.25, -0.2) is 4.98 Å². The first-order valence-electron chi connectivity index (χ1n) is 6.52. The Morgan fingerprint density at radius 3 is 2.79 bits per heavy atom. The minimum absolute atomic E-state index is 0.453. The quantitative estimate of drug-likeness (QED) is 0.914. The molecule has 0 unspecified atom stereocenters. The van der Waals surface area contributed by atoms with Gasteiger partial charge in [0, 0.05) is 18.8 Å². The molecule has 0 aromatic carbocycles. The molecule has 1 aromatic rings. The van der Waals surface area contributed by atoms with Gasteiger partial charge in [0.1, 0.15) is 5.82 Å². The zero-order valence-electron chi connectivity index (χ0n) is 10.9. The maximum Gasteiger partial charge on any atom is 0.417 e. The van der Waals surface area contributed by atoms with E-state index < -0.39 is 11.7 Å². The summed E-state index contributed by atoms with van der Waals surface area (Å²) >= 11 is 0. The van der Waals surface area contributed by atoms with Crippen LogP contribution in [0.4, 0.5) is 19.0 Å². The largest absolute Gasteiger partial charge is 0.417 e. The Bertz CT molecular complexity index is 403. The van der Waals surface area contributed by atoms with E-state index in [2.05, 4.69) is 22.1 Å². The second-order valence-corrected chi connectivity index (χ2v) is 4.74. The predicted octanol–water partition coefficient (Wildman–Crippen LogP) is 3.00. The van der Waals surface area contributed by atoms with Gasteiger partial charge in [-0.3, -0.25) is 4.90 Å². The molecule has 1 saturated heterocycles. The van der Waals surface area contributed by atoms with Crippen LogP contribution in [0.3, 0.4) is 0 Å². The third kappa shape index (κ3) is 3.59. The zero-order chi connectivity index (χ0) is 13.9. The van der Waals surface area contributed by atoms with Gasteiger partial charge < -0.3 is 5.32 Å². The maximum absolute atomic E-state index is 12.4. The Balaban J connectivity index is 1.90. The van der Waals surface area contributed by atoms with Gasteiger partial charge in [-0.2, -0.15) is 13.2 Å². The van der Waals surface area contributed by atoms with Gasteiger partial charge >= 0.3 is 6.18 Å². The van der Waals surface area contributed by atoms with E-state index in [1.54, 1.807) is 0 Å². The molecule has 0 spiro atoms. The molecule has 19 heavy (non-hydrogen) atoms. The molecule has 0 saturated carbocycles. The lowest BCUT2D eigenvalue weighted by molar-refractivity contribution is -0.137. The second kappa shape index (κ2) is 5.77. The lowest BCUT2D eigenvalue weighted by Crippen LogP contribution is -2.34. The minimum atomic E-state index is -4.32. The third-order valence-electron chi connectivity index (χ3n) is 3.51. The highest BCUT2D eigenvalue weighted by Crippen LogP contribution is 2.28. The van der Waals surface area contributed by atoms with Crippen LogP contribution in [0.2, 0.25) is 0 Å². The summed E-state index contributed by atoms with van der Waals surface area (Å²) in [7, 11) is 0. The van der Waals surface area contributed by atoms with Crippen molar-refractivity contribution in [2.75, 3.05) is 25.0 Å². The molecule has 0 amide bonds. The Hall–Kier alpha value is -1.30. The number of anilines is 1. The number of aromatic nitrogens is 1. The average Bonchev–Trinajstić information content (AvgIpc) is 2.83. The van der Waals surface area contributed by atoms with Crippen molar-refractivity contribution in [3.8, 4) is 0 Å². The predicted molar refractivity (Wildman–Crippen MR) is 68.0 cm³/mol. The number of nitrogens with zero attached hydrogens (tertiary/aromatic N) is 2. The van der Waals surface area contributed by atoms with Gasteiger partial charge in [0.2, 0.25) is 0 Å². The summed E-state index contributed by atoms with van der Waals surface area (Å²) in [6.45, 7) is 4.96. The number of rotatable bonds is 4. The fraction of sp³-hybridized carbons (Fsp3) is 0.615. The maximum atomic E-state index is 12.4.